The number of carboxylic acids is 1. The molecular formula is C28H32Cl2N2O4. The molecular weight excluding hydrogens is 499 g/mol. The molecule has 0 unspecified atom stereocenters. The van der Waals surface area contributed by atoms with Gasteiger partial charge in [0.1, 0.15) is 0 Å². The van der Waals surface area contributed by atoms with Crippen LogP contribution in [0.5, 0.6) is 0 Å². The van der Waals surface area contributed by atoms with Crippen LogP contribution >= 0.6 is 23.2 Å². The number of halogens is 2. The van der Waals surface area contributed by atoms with Crippen molar-refractivity contribution in [2.24, 2.45) is 5.92 Å². The molecule has 2 fully saturated rings. The van der Waals surface area contributed by atoms with Gasteiger partial charge in [-0.3, -0.25) is 14.4 Å². The highest BCUT2D eigenvalue weighted by atomic mass is 35.5. The number of benzene rings is 2. The molecule has 2 aliphatic heterocycles. The number of rotatable bonds is 8. The Balaban J connectivity index is 1.81. The molecule has 0 radical (unpaired) electrons. The molecule has 2 saturated heterocycles. The molecule has 2 aromatic carbocycles. The normalized spacial score (nSPS) is 23.6. The maximum absolute atomic E-state index is 14.0. The minimum atomic E-state index is -0.998. The quantitative estimate of drug-likeness (QED) is 0.458. The molecule has 4 rings (SSSR count). The summed E-state index contributed by atoms with van der Waals surface area (Å²) in [6.07, 6.45) is 3.16. The van der Waals surface area contributed by atoms with E-state index in [0.29, 0.717) is 42.4 Å². The lowest BCUT2D eigenvalue weighted by atomic mass is 9.74. The Morgan fingerprint density at radius 1 is 1.06 bits per heavy atom. The first-order chi connectivity index (χ1) is 17.3. The maximum Gasteiger partial charge on any atom is 0.304 e. The molecule has 0 aromatic heterocycles. The molecule has 2 heterocycles. The van der Waals surface area contributed by atoms with E-state index in [4.69, 9.17) is 23.2 Å². The topological polar surface area (TPSA) is 77.9 Å². The fraction of sp³-hybridized carbons (Fsp3) is 0.464. The summed E-state index contributed by atoms with van der Waals surface area (Å²) in [4.78, 5) is 42.1. The Bertz CT molecular complexity index is 1110. The van der Waals surface area contributed by atoms with Crippen molar-refractivity contribution < 1.29 is 19.5 Å². The van der Waals surface area contributed by atoms with Crippen LogP contribution in [0.15, 0.2) is 48.5 Å². The van der Waals surface area contributed by atoms with E-state index in [1.54, 1.807) is 6.07 Å². The zero-order chi connectivity index (χ0) is 25.8. The van der Waals surface area contributed by atoms with Gasteiger partial charge in [0.2, 0.25) is 11.8 Å². The van der Waals surface area contributed by atoms with Crippen LogP contribution in [0.3, 0.4) is 0 Å². The Labute approximate surface area is 222 Å². The van der Waals surface area contributed by atoms with Gasteiger partial charge in [-0.15, -0.1) is 0 Å². The third-order valence-electron chi connectivity index (χ3n) is 7.45. The average molecular weight is 531 g/mol. The highest BCUT2D eigenvalue weighted by Crippen LogP contribution is 2.47. The molecule has 0 aliphatic carbocycles. The Hall–Kier alpha value is -2.57. The lowest BCUT2D eigenvalue weighted by Crippen LogP contribution is -2.55. The molecule has 192 valence electrons. The Morgan fingerprint density at radius 3 is 2.44 bits per heavy atom. The summed E-state index contributed by atoms with van der Waals surface area (Å²) in [5, 5.41) is 10.8. The van der Waals surface area contributed by atoms with Crippen molar-refractivity contribution in [3.05, 3.63) is 69.7 Å². The second kappa shape index (κ2) is 11.7. The van der Waals surface area contributed by atoms with Crippen molar-refractivity contribution in [1.82, 2.24) is 9.80 Å². The van der Waals surface area contributed by atoms with Crippen molar-refractivity contribution in [3.63, 3.8) is 0 Å². The number of piperidine rings is 2. The Kier molecular flexibility index (Phi) is 8.58. The second-order valence-corrected chi connectivity index (χ2v) is 10.7. The first-order valence-electron chi connectivity index (χ1n) is 12.6. The number of hydrogen-bond donors (Lipinski definition) is 1. The van der Waals surface area contributed by atoms with Gasteiger partial charge in [-0.05, 0) is 61.1 Å². The summed E-state index contributed by atoms with van der Waals surface area (Å²) in [6.45, 7) is 3.13. The molecule has 1 N–H and O–H groups in total. The van der Waals surface area contributed by atoms with Crippen LogP contribution in [0, 0.1) is 5.92 Å². The van der Waals surface area contributed by atoms with Crippen LogP contribution < -0.4 is 0 Å². The number of aliphatic carboxylic acids is 1. The van der Waals surface area contributed by atoms with Crippen molar-refractivity contribution in [2.45, 2.75) is 63.5 Å². The number of carboxylic acid groups (broad SMARTS) is 1. The zero-order valence-electron chi connectivity index (χ0n) is 20.4. The van der Waals surface area contributed by atoms with Crippen LogP contribution in [-0.4, -0.2) is 51.8 Å². The van der Waals surface area contributed by atoms with E-state index in [-0.39, 0.29) is 36.2 Å². The largest absolute Gasteiger partial charge is 0.481 e. The monoisotopic (exact) mass is 530 g/mol. The third-order valence-corrected chi connectivity index (χ3v) is 7.94. The summed E-state index contributed by atoms with van der Waals surface area (Å²) in [7, 11) is 0. The van der Waals surface area contributed by atoms with Gasteiger partial charge in [-0.25, -0.2) is 0 Å². The van der Waals surface area contributed by atoms with Gasteiger partial charge in [0, 0.05) is 47.4 Å². The Morgan fingerprint density at radius 2 is 1.81 bits per heavy atom. The molecule has 4 atom stereocenters. The zero-order valence-corrected chi connectivity index (χ0v) is 21.9. The van der Waals surface area contributed by atoms with Crippen LogP contribution in [0.2, 0.25) is 10.0 Å². The maximum atomic E-state index is 14.0. The first-order valence-corrected chi connectivity index (χ1v) is 13.4. The minimum absolute atomic E-state index is 0.112. The smallest absolute Gasteiger partial charge is 0.304 e. The summed E-state index contributed by atoms with van der Waals surface area (Å²) in [5.74, 6) is -1.89. The van der Waals surface area contributed by atoms with Crippen LogP contribution in [-0.2, 0) is 14.4 Å². The van der Waals surface area contributed by atoms with Gasteiger partial charge in [-0.1, -0.05) is 54.4 Å². The fourth-order valence-corrected chi connectivity index (χ4v) is 6.02. The molecule has 0 saturated carbocycles. The van der Waals surface area contributed by atoms with E-state index < -0.39 is 11.9 Å². The van der Waals surface area contributed by atoms with Crippen molar-refractivity contribution in [1.29, 1.82) is 0 Å². The lowest BCUT2D eigenvalue weighted by Gasteiger charge is -2.49. The number of amides is 2. The number of carbonyl (C=O) groups is 3. The molecule has 0 spiro atoms. The SMILES string of the molecule is CC[C@@H](CN1CCCCC1=O)N1C(=O)[C@@H](CC(=O)O)C[C@H](c2cccc(Cl)c2)[C@H]1c1ccc(Cl)cc1. The van der Waals surface area contributed by atoms with Gasteiger partial charge >= 0.3 is 5.97 Å². The van der Waals surface area contributed by atoms with Crippen LogP contribution in [0.4, 0.5) is 0 Å². The predicted molar refractivity (Wildman–Crippen MR) is 140 cm³/mol. The first kappa shape index (κ1) is 26.5. The van der Waals surface area contributed by atoms with E-state index in [0.717, 1.165) is 24.0 Å². The van der Waals surface area contributed by atoms with Crippen LogP contribution in [0.25, 0.3) is 0 Å². The van der Waals surface area contributed by atoms with E-state index in [1.165, 1.54) is 0 Å². The molecule has 0 bridgehead atoms. The molecule has 6 nitrogen and oxygen atoms in total. The van der Waals surface area contributed by atoms with Gasteiger partial charge in [0.15, 0.2) is 0 Å². The molecule has 8 heteroatoms. The van der Waals surface area contributed by atoms with Crippen LogP contribution in [0.1, 0.15) is 68.5 Å². The standard InChI is InChI=1S/C28H32Cl2N2O4/c1-2-23(17-31-13-4-3-8-25(31)33)32-27(18-9-11-21(29)12-10-18)24(19-6-5-7-22(30)14-19)15-20(28(32)36)16-26(34)35/h5-7,9-12,14,20,23-24,27H,2-4,8,13,15-17H2,1H3,(H,34,35)/t20-,23+,24-,27-/m1/s1. The van der Waals surface area contributed by atoms with Gasteiger partial charge in [-0.2, -0.15) is 0 Å². The van der Waals surface area contributed by atoms with E-state index >= 15 is 0 Å². The van der Waals surface area contributed by atoms with Crippen molar-refractivity contribution in [2.75, 3.05) is 13.1 Å². The second-order valence-electron chi connectivity index (χ2n) is 9.79. The summed E-state index contributed by atoms with van der Waals surface area (Å²) >= 11 is 12.6. The number of likely N-dealkylation sites (tertiary alicyclic amines) is 2. The summed E-state index contributed by atoms with van der Waals surface area (Å²) < 4.78 is 0. The fourth-order valence-electron chi connectivity index (χ4n) is 5.70. The van der Waals surface area contributed by atoms with Crippen molar-refractivity contribution >= 4 is 41.0 Å². The molecule has 2 aliphatic rings. The number of nitrogens with zero attached hydrogens (tertiary/aromatic N) is 2. The lowest BCUT2D eigenvalue weighted by molar-refractivity contribution is -0.153. The highest BCUT2D eigenvalue weighted by molar-refractivity contribution is 6.30. The number of hydrogen-bond acceptors (Lipinski definition) is 3. The van der Waals surface area contributed by atoms with Gasteiger partial charge in [0.25, 0.3) is 0 Å². The predicted octanol–water partition coefficient (Wildman–Crippen LogP) is 5.93. The highest BCUT2D eigenvalue weighted by Gasteiger charge is 2.46. The number of carbonyl (C=O) groups excluding carboxylic acids is 2. The summed E-state index contributed by atoms with van der Waals surface area (Å²) in [5.41, 5.74) is 1.88. The molecule has 36 heavy (non-hydrogen) atoms. The average Bonchev–Trinajstić information content (AvgIpc) is 2.85. The van der Waals surface area contributed by atoms with E-state index in [9.17, 15) is 19.5 Å². The van der Waals surface area contributed by atoms with Gasteiger partial charge < -0.3 is 14.9 Å². The van der Waals surface area contributed by atoms with E-state index in [1.807, 2.05) is 59.2 Å². The molecule has 2 amide bonds. The van der Waals surface area contributed by atoms with E-state index in [2.05, 4.69) is 0 Å². The summed E-state index contributed by atoms with van der Waals surface area (Å²) in [6, 6.07) is 14.5. The third kappa shape index (κ3) is 5.87. The van der Waals surface area contributed by atoms with Crippen molar-refractivity contribution in [3.8, 4) is 0 Å². The molecule has 2 aromatic rings. The minimum Gasteiger partial charge on any atom is -0.481 e. The van der Waals surface area contributed by atoms with Gasteiger partial charge in [0.05, 0.1) is 12.5 Å².